The number of carbonyl (C=O) groups is 1. The average Bonchev–Trinajstić information content (AvgIpc) is 2.19. The zero-order valence-corrected chi connectivity index (χ0v) is 8.86. The standard InChI is InChI=1S/C10H11ClO4/c1-15-9(10(13)14)5-6-2-3-8(12)7(11)4-6/h2-4,9,12H,5H2,1H3,(H,13,14). The zero-order chi connectivity index (χ0) is 11.4. The van der Waals surface area contributed by atoms with E-state index in [4.69, 9.17) is 26.6 Å². The van der Waals surface area contributed by atoms with Crippen molar-refractivity contribution in [2.24, 2.45) is 0 Å². The van der Waals surface area contributed by atoms with Crippen LogP contribution in [0.3, 0.4) is 0 Å². The van der Waals surface area contributed by atoms with Crippen LogP contribution in [-0.2, 0) is 16.0 Å². The molecule has 1 rings (SSSR count). The Balaban J connectivity index is 2.80. The van der Waals surface area contributed by atoms with Crippen LogP contribution in [0.1, 0.15) is 5.56 Å². The van der Waals surface area contributed by atoms with Gasteiger partial charge in [-0.05, 0) is 17.7 Å². The van der Waals surface area contributed by atoms with Gasteiger partial charge < -0.3 is 14.9 Å². The highest BCUT2D eigenvalue weighted by Crippen LogP contribution is 2.24. The molecule has 0 aliphatic carbocycles. The van der Waals surface area contributed by atoms with Gasteiger partial charge in [-0.2, -0.15) is 0 Å². The number of carboxylic acids is 1. The molecule has 2 N–H and O–H groups in total. The number of methoxy groups -OCH3 is 1. The van der Waals surface area contributed by atoms with E-state index in [0.717, 1.165) is 0 Å². The number of ether oxygens (including phenoxy) is 1. The molecule has 0 aliphatic heterocycles. The minimum Gasteiger partial charge on any atom is -0.506 e. The van der Waals surface area contributed by atoms with Gasteiger partial charge in [-0.15, -0.1) is 0 Å². The molecule has 0 heterocycles. The SMILES string of the molecule is COC(Cc1ccc(O)c(Cl)c1)C(=O)O. The van der Waals surface area contributed by atoms with Crippen LogP contribution in [0.15, 0.2) is 18.2 Å². The number of carboxylic acid groups (broad SMARTS) is 1. The molecular formula is C10H11ClO4. The molecule has 0 fully saturated rings. The first kappa shape index (κ1) is 11.8. The van der Waals surface area contributed by atoms with Gasteiger partial charge in [-0.25, -0.2) is 4.79 Å². The van der Waals surface area contributed by atoms with Crippen molar-refractivity contribution in [3.8, 4) is 5.75 Å². The number of aliphatic carboxylic acids is 1. The van der Waals surface area contributed by atoms with Crippen LogP contribution in [0.25, 0.3) is 0 Å². The van der Waals surface area contributed by atoms with Crippen molar-refractivity contribution in [2.45, 2.75) is 12.5 Å². The summed E-state index contributed by atoms with van der Waals surface area (Å²) >= 11 is 5.68. The molecular weight excluding hydrogens is 220 g/mol. The Morgan fingerprint density at radius 2 is 2.27 bits per heavy atom. The van der Waals surface area contributed by atoms with E-state index in [9.17, 15) is 4.79 Å². The van der Waals surface area contributed by atoms with Crippen molar-refractivity contribution >= 4 is 17.6 Å². The lowest BCUT2D eigenvalue weighted by Crippen LogP contribution is -2.24. The quantitative estimate of drug-likeness (QED) is 0.826. The van der Waals surface area contributed by atoms with Gasteiger partial charge in [0.1, 0.15) is 5.75 Å². The lowest BCUT2D eigenvalue weighted by Gasteiger charge is -2.10. The maximum Gasteiger partial charge on any atom is 0.333 e. The van der Waals surface area contributed by atoms with Gasteiger partial charge in [-0.3, -0.25) is 0 Å². The van der Waals surface area contributed by atoms with E-state index in [1.165, 1.54) is 19.2 Å². The molecule has 0 saturated heterocycles. The molecule has 0 saturated carbocycles. The lowest BCUT2D eigenvalue weighted by atomic mass is 10.1. The number of rotatable bonds is 4. The molecule has 0 aliphatic rings. The summed E-state index contributed by atoms with van der Waals surface area (Å²) in [5.41, 5.74) is 0.701. The van der Waals surface area contributed by atoms with E-state index in [-0.39, 0.29) is 17.2 Å². The van der Waals surface area contributed by atoms with E-state index in [0.29, 0.717) is 5.56 Å². The van der Waals surface area contributed by atoms with Crippen molar-refractivity contribution < 1.29 is 19.7 Å². The maximum atomic E-state index is 10.7. The number of phenolic OH excluding ortho intramolecular Hbond substituents is 1. The van der Waals surface area contributed by atoms with Gasteiger partial charge >= 0.3 is 5.97 Å². The third-order valence-electron chi connectivity index (χ3n) is 1.99. The van der Waals surface area contributed by atoms with E-state index in [1.54, 1.807) is 6.07 Å². The number of hydrogen-bond acceptors (Lipinski definition) is 3. The number of aromatic hydroxyl groups is 1. The van der Waals surface area contributed by atoms with Crippen molar-refractivity contribution in [3.63, 3.8) is 0 Å². The van der Waals surface area contributed by atoms with E-state index in [2.05, 4.69) is 0 Å². The van der Waals surface area contributed by atoms with Crippen LogP contribution < -0.4 is 0 Å². The number of hydrogen-bond donors (Lipinski definition) is 2. The van der Waals surface area contributed by atoms with E-state index < -0.39 is 12.1 Å². The van der Waals surface area contributed by atoms with Gasteiger partial charge in [0.15, 0.2) is 6.10 Å². The van der Waals surface area contributed by atoms with Gasteiger partial charge in [0.2, 0.25) is 0 Å². The second-order valence-electron chi connectivity index (χ2n) is 3.05. The molecule has 0 spiro atoms. The predicted octanol–water partition coefficient (Wildman–Crippen LogP) is 1.69. The molecule has 5 heteroatoms. The summed E-state index contributed by atoms with van der Waals surface area (Å²) in [6.07, 6.45) is -0.683. The van der Waals surface area contributed by atoms with Crippen molar-refractivity contribution in [1.29, 1.82) is 0 Å². The van der Waals surface area contributed by atoms with Gasteiger partial charge in [0.25, 0.3) is 0 Å². The van der Waals surface area contributed by atoms with Gasteiger partial charge in [0, 0.05) is 13.5 Å². The summed E-state index contributed by atoms with van der Waals surface area (Å²) in [6, 6.07) is 4.55. The topological polar surface area (TPSA) is 66.8 Å². The number of halogens is 1. The summed E-state index contributed by atoms with van der Waals surface area (Å²) in [5, 5.41) is 18.1. The molecule has 0 amide bonds. The molecule has 1 aromatic rings. The highest BCUT2D eigenvalue weighted by Gasteiger charge is 2.17. The first-order chi connectivity index (χ1) is 7.04. The Hall–Kier alpha value is -1.26. The smallest absolute Gasteiger partial charge is 0.333 e. The predicted molar refractivity (Wildman–Crippen MR) is 55.3 cm³/mol. The summed E-state index contributed by atoms with van der Waals surface area (Å²) in [7, 11) is 1.33. The van der Waals surface area contributed by atoms with Gasteiger partial charge in [0.05, 0.1) is 5.02 Å². The average molecular weight is 231 g/mol. The first-order valence-electron chi connectivity index (χ1n) is 4.27. The number of benzene rings is 1. The Morgan fingerprint density at radius 3 is 2.73 bits per heavy atom. The third kappa shape index (κ3) is 3.11. The second kappa shape index (κ2) is 5.00. The first-order valence-corrected chi connectivity index (χ1v) is 4.65. The molecule has 1 atom stereocenters. The minimum absolute atomic E-state index is 0.0234. The summed E-state index contributed by atoms with van der Waals surface area (Å²) in [4.78, 5) is 10.7. The summed E-state index contributed by atoms with van der Waals surface area (Å²) < 4.78 is 4.78. The molecule has 0 radical (unpaired) electrons. The van der Waals surface area contributed by atoms with Crippen LogP contribution in [0.2, 0.25) is 5.02 Å². The normalized spacial score (nSPS) is 12.4. The zero-order valence-electron chi connectivity index (χ0n) is 8.11. The lowest BCUT2D eigenvalue weighted by molar-refractivity contribution is -0.148. The Morgan fingerprint density at radius 1 is 1.60 bits per heavy atom. The largest absolute Gasteiger partial charge is 0.506 e. The highest BCUT2D eigenvalue weighted by atomic mass is 35.5. The molecule has 0 aromatic heterocycles. The van der Waals surface area contributed by atoms with E-state index in [1.807, 2.05) is 0 Å². The molecule has 1 unspecified atom stereocenters. The van der Waals surface area contributed by atoms with Crippen LogP contribution in [0.5, 0.6) is 5.75 Å². The molecule has 82 valence electrons. The Labute approximate surface area is 92.1 Å². The van der Waals surface area contributed by atoms with E-state index >= 15 is 0 Å². The molecule has 0 bridgehead atoms. The summed E-state index contributed by atoms with van der Waals surface area (Å²) in [6.45, 7) is 0. The highest BCUT2D eigenvalue weighted by molar-refractivity contribution is 6.32. The Kier molecular flexibility index (Phi) is 3.94. The fourth-order valence-electron chi connectivity index (χ4n) is 1.16. The van der Waals surface area contributed by atoms with Crippen LogP contribution in [0, 0.1) is 0 Å². The maximum absolute atomic E-state index is 10.7. The fraction of sp³-hybridized carbons (Fsp3) is 0.300. The third-order valence-corrected chi connectivity index (χ3v) is 2.30. The number of phenols is 1. The van der Waals surface area contributed by atoms with Crippen molar-refractivity contribution in [2.75, 3.05) is 7.11 Å². The molecule has 1 aromatic carbocycles. The van der Waals surface area contributed by atoms with Crippen LogP contribution in [0.4, 0.5) is 0 Å². The monoisotopic (exact) mass is 230 g/mol. The van der Waals surface area contributed by atoms with Gasteiger partial charge in [-0.1, -0.05) is 17.7 Å². The second-order valence-corrected chi connectivity index (χ2v) is 3.46. The van der Waals surface area contributed by atoms with Crippen LogP contribution >= 0.6 is 11.6 Å². The molecule has 4 nitrogen and oxygen atoms in total. The Bertz CT molecular complexity index is 364. The van der Waals surface area contributed by atoms with Crippen molar-refractivity contribution in [1.82, 2.24) is 0 Å². The summed E-state index contributed by atoms with van der Waals surface area (Å²) in [5.74, 6) is -1.05. The fourth-order valence-corrected chi connectivity index (χ4v) is 1.37. The minimum atomic E-state index is -1.03. The van der Waals surface area contributed by atoms with Crippen molar-refractivity contribution in [3.05, 3.63) is 28.8 Å². The van der Waals surface area contributed by atoms with Crippen LogP contribution in [-0.4, -0.2) is 29.4 Å². The molecule has 15 heavy (non-hydrogen) atoms.